The third-order valence-electron chi connectivity index (χ3n) is 5.00. The molecule has 2 aliphatic rings. The zero-order chi connectivity index (χ0) is 16.9. The number of hydrogen-bond acceptors (Lipinski definition) is 2. The van der Waals surface area contributed by atoms with Gasteiger partial charge in [0.05, 0.1) is 6.04 Å². The van der Waals surface area contributed by atoms with E-state index in [1.165, 1.54) is 5.56 Å². The molecule has 1 aliphatic carbocycles. The van der Waals surface area contributed by atoms with Gasteiger partial charge < -0.3 is 10.0 Å². The second kappa shape index (κ2) is 6.45. The summed E-state index contributed by atoms with van der Waals surface area (Å²) in [5.74, 6) is 0.271. The van der Waals surface area contributed by atoms with Crippen molar-refractivity contribution < 1.29 is 24.0 Å². The van der Waals surface area contributed by atoms with E-state index in [0.29, 0.717) is 0 Å². The Labute approximate surface area is 162 Å². The Bertz CT molecular complexity index is 833. The van der Waals surface area contributed by atoms with Crippen molar-refractivity contribution in [2.45, 2.75) is 32.4 Å². The van der Waals surface area contributed by atoms with Crippen LogP contribution >= 0.6 is 0 Å². The fraction of sp³-hybridized carbons (Fsp3) is 0.273. The van der Waals surface area contributed by atoms with Crippen LogP contribution < -0.4 is 24.0 Å². The van der Waals surface area contributed by atoms with E-state index in [-0.39, 0.29) is 42.2 Å². The Morgan fingerprint density at radius 1 is 0.920 bits per heavy atom. The summed E-state index contributed by atoms with van der Waals surface area (Å²) in [4.78, 5) is 2.06. The molecule has 0 radical (unpaired) electrons. The molecule has 1 aliphatic heterocycles. The smallest absolute Gasteiger partial charge is 0.860 e. The van der Waals surface area contributed by atoms with E-state index in [9.17, 15) is 5.11 Å². The van der Waals surface area contributed by atoms with Gasteiger partial charge in [0.2, 0.25) is 0 Å². The molecule has 0 bridgehead atoms. The standard InChI is InChI=1S/C22H23NO.Li/c1-22(2,3)23-20(16-10-5-4-6-11-16)18-14-13-15-9-7-8-12-17(15)19(18)21(23)24;/h4-14,18,20,24H,1-3H3;/q;+1/p-1/t18-,20+;/m1./s1. The van der Waals surface area contributed by atoms with E-state index in [0.717, 1.165) is 16.7 Å². The maximum absolute atomic E-state index is 13.4. The van der Waals surface area contributed by atoms with Gasteiger partial charge in [0.1, 0.15) is 0 Å². The molecule has 0 amide bonds. The van der Waals surface area contributed by atoms with Gasteiger partial charge in [-0.2, -0.15) is 0 Å². The zero-order valence-electron chi connectivity index (χ0n) is 15.4. The fourth-order valence-corrected chi connectivity index (χ4v) is 4.04. The number of hydrogen-bond donors (Lipinski definition) is 0. The number of nitrogens with zero attached hydrogens (tertiary/aromatic N) is 1. The maximum atomic E-state index is 13.4. The molecule has 0 fully saturated rings. The predicted octanol–water partition coefficient (Wildman–Crippen LogP) is 1.22. The molecule has 122 valence electrons. The van der Waals surface area contributed by atoms with Gasteiger partial charge in [-0.3, -0.25) is 0 Å². The molecule has 0 spiro atoms. The fourth-order valence-electron chi connectivity index (χ4n) is 4.04. The molecular formula is C22H22LiNO. The van der Waals surface area contributed by atoms with Crippen LogP contribution in [0.25, 0.3) is 11.6 Å². The van der Waals surface area contributed by atoms with Crippen LogP contribution in [-0.2, 0) is 0 Å². The number of rotatable bonds is 1. The average Bonchev–Trinajstić information content (AvgIpc) is 2.89. The van der Waals surface area contributed by atoms with Crippen LogP contribution in [0.1, 0.15) is 43.5 Å². The summed E-state index contributed by atoms with van der Waals surface area (Å²) in [7, 11) is 0. The minimum atomic E-state index is -0.231. The molecule has 4 rings (SSSR count). The van der Waals surface area contributed by atoms with Gasteiger partial charge in [0.25, 0.3) is 0 Å². The summed E-state index contributed by atoms with van der Waals surface area (Å²) in [5.41, 5.74) is 4.13. The van der Waals surface area contributed by atoms with Crippen molar-refractivity contribution in [2.75, 3.05) is 0 Å². The first-order valence-electron chi connectivity index (χ1n) is 8.51. The summed E-state index contributed by atoms with van der Waals surface area (Å²) in [5, 5.41) is 13.4. The van der Waals surface area contributed by atoms with E-state index >= 15 is 0 Å². The minimum absolute atomic E-state index is 0. The van der Waals surface area contributed by atoms with Crippen molar-refractivity contribution in [1.29, 1.82) is 0 Å². The van der Waals surface area contributed by atoms with Crippen molar-refractivity contribution in [3.63, 3.8) is 0 Å². The first-order chi connectivity index (χ1) is 11.5. The van der Waals surface area contributed by atoms with Crippen LogP contribution in [0, 0.1) is 5.92 Å². The number of fused-ring (bicyclic) bond motifs is 3. The van der Waals surface area contributed by atoms with E-state index in [1.807, 2.05) is 18.2 Å². The summed E-state index contributed by atoms with van der Waals surface area (Å²) < 4.78 is 0. The van der Waals surface area contributed by atoms with Gasteiger partial charge in [-0.15, -0.1) is 0 Å². The molecule has 0 saturated heterocycles. The number of benzene rings is 2. The van der Waals surface area contributed by atoms with Crippen molar-refractivity contribution in [1.82, 2.24) is 4.90 Å². The van der Waals surface area contributed by atoms with Gasteiger partial charge in [-0.1, -0.05) is 66.7 Å². The van der Waals surface area contributed by atoms with Crippen LogP contribution in [-0.4, -0.2) is 10.4 Å². The average molecular weight is 323 g/mol. The summed E-state index contributed by atoms with van der Waals surface area (Å²) in [6.45, 7) is 6.36. The van der Waals surface area contributed by atoms with Crippen molar-refractivity contribution in [3.8, 4) is 0 Å². The van der Waals surface area contributed by atoms with Crippen molar-refractivity contribution in [2.24, 2.45) is 5.92 Å². The van der Waals surface area contributed by atoms with Gasteiger partial charge in [0, 0.05) is 11.5 Å². The third kappa shape index (κ3) is 2.84. The molecule has 2 atom stereocenters. The maximum Gasteiger partial charge on any atom is 1.00 e. The summed E-state index contributed by atoms with van der Waals surface area (Å²) >= 11 is 0. The molecule has 0 unspecified atom stereocenters. The molecule has 2 aromatic rings. The van der Waals surface area contributed by atoms with E-state index in [1.54, 1.807) is 0 Å². The molecule has 0 saturated carbocycles. The topological polar surface area (TPSA) is 26.3 Å². The zero-order valence-corrected chi connectivity index (χ0v) is 15.4. The van der Waals surface area contributed by atoms with Crippen LogP contribution in [0.5, 0.6) is 0 Å². The Morgan fingerprint density at radius 2 is 1.56 bits per heavy atom. The van der Waals surface area contributed by atoms with E-state index < -0.39 is 0 Å². The molecule has 0 N–H and O–H groups in total. The molecule has 1 heterocycles. The normalized spacial score (nSPS) is 21.6. The van der Waals surface area contributed by atoms with Gasteiger partial charge in [-0.05, 0) is 48.9 Å². The molecule has 2 aromatic carbocycles. The monoisotopic (exact) mass is 323 g/mol. The Hall–Kier alpha value is -1.88. The second-order valence-corrected chi connectivity index (χ2v) is 7.59. The molecule has 3 heteroatoms. The first kappa shape index (κ1) is 17.9. The van der Waals surface area contributed by atoms with Crippen molar-refractivity contribution in [3.05, 3.63) is 83.2 Å². The Balaban J connectivity index is 0.00000182. The van der Waals surface area contributed by atoms with Gasteiger partial charge >= 0.3 is 18.9 Å². The van der Waals surface area contributed by atoms with Crippen LogP contribution in [0.2, 0.25) is 0 Å². The van der Waals surface area contributed by atoms with Gasteiger partial charge in [0.15, 0.2) is 0 Å². The largest absolute Gasteiger partial charge is 1.00 e. The Kier molecular flexibility index (Phi) is 4.62. The van der Waals surface area contributed by atoms with Crippen molar-refractivity contribution >= 4 is 11.6 Å². The van der Waals surface area contributed by atoms with Crippen LogP contribution in [0.4, 0.5) is 0 Å². The Morgan fingerprint density at radius 3 is 2.24 bits per heavy atom. The van der Waals surface area contributed by atoms with E-state index in [4.69, 9.17) is 0 Å². The molecule has 25 heavy (non-hydrogen) atoms. The first-order valence-corrected chi connectivity index (χ1v) is 8.51. The van der Waals surface area contributed by atoms with Crippen LogP contribution in [0.15, 0.2) is 66.6 Å². The minimum Gasteiger partial charge on any atom is -0.860 e. The molecule has 2 nitrogen and oxygen atoms in total. The molecular weight excluding hydrogens is 301 g/mol. The summed E-state index contributed by atoms with van der Waals surface area (Å²) in [6, 6.07) is 18.7. The predicted molar refractivity (Wildman–Crippen MR) is 96.7 cm³/mol. The third-order valence-corrected chi connectivity index (χ3v) is 5.00. The van der Waals surface area contributed by atoms with Gasteiger partial charge in [-0.25, -0.2) is 0 Å². The second-order valence-electron chi connectivity index (χ2n) is 7.59. The molecule has 0 aromatic heterocycles. The van der Waals surface area contributed by atoms with Crippen LogP contribution in [0.3, 0.4) is 0 Å². The summed E-state index contributed by atoms with van der Waals surface area (Å²) in [6.07, 6.45) is 4.37. The SMILES string of the molecule is CC(C)(C)N1C([O-])=C2c3ccccc3C=C[C@H]2[C@@H]1c1ccccc1.[Li+]. The quantitative estimate of drug-likeness (QED) is 0.738. The van der Waals surface area contributed by atoms with E-state index in [2.05, 4.69) is 74.2 Å².